The summed E-state index contributed by atoms with van der Waals surface area (Å²) in [6.07, 6.45) is 6.05. The molecule has 7 heteroatoms. The highest BCUT2D eigenvalue weighted by Gasteiger charge is 2.17. The number of hydrogen-bond acceptors (Lipinski definition) is 5. The lowest BCUT2D eigenvalue weighted by Crippen LogP contribution is -2.30. The van der Waals surface area contributed by atoms with Crippen LogP contribution < -0.4 is 21.1 Å². The number of anilines is 2. The topological polar surface area (TPSA) is 96.2 Å². The lowest BCUT2D eigenvalue weighted by molar-refractivity contribution is 0.463. The first kappa shape index (κ1) is 17.1. The van der Waals surface area contributed by atoms with E-state index in [2.05, 4.69) is 15.4 Å². The smallest absolute Gasteiger partial charge is 0.240 e. The molecule has 0 bridgehead atoms. The van der Waals surface area contributed by atoms with Gasteiger partial charge in [-0.05, 0) is 38.1 Å². The average molecular weight is 326 g/mol. The molecule has 0 saturated heterocycles. The molecule has 0 aliphatic heterocycles. The monoisotopic (exact) mass is 326 g/mol. The van der Waals surface area contributed by atoms with Crippen LogP contribution in [0.15, 0.2) is 23.1 Å². The summed E-state index contributed by atoms with van der Waals surface area (Å²) in [5.41, 5.74) is 7.32. The average Bonchev–Trinajstić information content (AvgIpc) is 2.50. The first-order valence-corrected chi connectivity index (χ1v) is 9.31. The van der Waals surface area contributed by atoms with Crippen LogP contribution in [0.2, 0.25) is 0 Å². The number of nitrogen functional groups attached to an aromatic ring is 1. The molecule has 1 aromatic carbocycles. The van der Waals surface area contributed by atoms with Gasteiger partial charge < -0.3 is 16.4 Å². The number of benzene rings is 1. The number of rotatable bonds is 7. The van der Waals surface area contributed by atoms with Crippen LogP contribution >= 0.6 is 0 Å². The van der Waals surface area contributed by atoms with Crippen LogP contribution in [0.5, 0.6) is 0 Å². The van der Waals surface area contributed by atoms with Crippen molar-refractivity contribution in [1.82, 2.24) is 10.0 Å². The molecule has 0 aromatic heterocycles. The lowest BCUT2D eigenvalue weighted by atomic mass is 9.95. The van der Waals surface area contributed by atoms with Gasteiger partial charge in [-0.3, -0.25) is 0 Å². The molecule has 1 fully saturated rings. The molecule has 124 valence electrons. The lowest BCUT2D eigenvalue weighted by Gasteiger charge is -2.24. The van der Waals surface area contributed by atoms with E-state index >= 15 is 0 Å². The van der Waals surface area contributed by atoms with Crippen molar-refractivity contribution in [2.75, 3.05) is 31.2 Å². The Morgan fingerprint density at radius 1 is 1.18 bits per heavy atom. The van der Waals surface area contributed by atoms with Gasteiger partial charge >= 0.3 is 0 Å². The zero-order chi connectivity index (χ0) is 16.0. The summed E-state index contributed by atoms with van der Waals surface area (Å²) < 4.78 is 26.8. The van der Waals surface area contributed by atoms with Crippen LogP contribution in [-0.2, 0) is 10.0 Å². The van der Waals surface area contributed by atoms with E-state index in [-0.39, 0.29) is 4.90 Å². The van der Waals surface area contributed by atoms with Gasteiger partial charge in [-0.2, -0.15) is 0 Å². The molecule has 1 aliphatic carbocycles. The van der Waals surface area contributed by atoms with Crippen molar-refractivity contribution in [1.29, 1.82) is 0 Å². The first-order chi connectivity index (χ1) is 10.5. The third-order valence-corrected chi connectivity index (χ3v) is 5.42. The van der Waals surface area contributed by atoms with E-state index in [1.54, 1.807) is 19.2 Å². The molecule has 22 heavy (non-hydrogen) atoms. The minimum atomic E-state index is -3.50. The number of nitrogens with two attached hydrogens (primary N) is 1. The van der Waals surface area contributed by atoms with Crippen molar-refractivity contribution >= 4 is 21.4 Å². The van der Waals surface area contributed by atoms with Gasteiger partial charge in [0.25, 0.3) is 0 Å². The summed E-state index contributed by atoms with van der Waals surface area (Å²) >= 11 is 0. The highest BCUT2D eigenvalue weighted by atomic mass is 32.2. The van der Waals surface area contributed by atoms with E-state index in [0.29, 0.717) is 24.8 Å². The first-order valence-electron chi connectivity index (χ1n) is 7.83. The number of hydrogen-bond donors (Lipinski definition) is 4. The molecule has 0 atom stereocenters. The molecule has 1 aliphatic rings. The van der Waals surface area contributed by atoms with Crippen LogP contribution in [0, 0.1) is 0 Å². The third kappa shape index (κ3) is 4.59. The molecule has 0 spiro atoms. The summed E-state index contributed by atoms with van der Waals surface area (Å²) in [4.78, 5) is 0.204. The second kappa shape index (κ2) is 7.80. The van der Waals surface area contributed by atoms with Gasteiger partial charge in [0.15, 0.2) is 0 Å². The molecule has 0 heterocycles. The summed E-state index contributed by atoms with van der Waals surface area (Å²) in [6, 6.07) is 5.32. The Bertz CT molecular complexity index is 583. The maximum Gasteiger partial charge on any atom is 0.240 e. The van der Waals surface area contributed by atoms with Gasteiger partial charge in [0.2, 0.25) is 10.0 Å². The van der Waals surface area contributed by atoms with Crippen LogP contribution in [0.4, 0.5) is 11.4 Å². The minimum Gasteiger partial charge on any atom is -0.397 e. The van der Waals surface area contributed by atoms with Crippen LogP contribution in [0.3, 0.4) is 0 Å². The van der Waals surface area contributed by atoms with E-state index in [4.69, 9.17) is 5.73 Å². The van der Waals surface area contributed by atoms with E-state index in [1.165, 1.54) is 25.3 Å². The Balaban J connectivity index is 2.05. The maximum atomic E-state index is 12.1. The molecule has 0 radical (unpaired) electrons. The van der Waals surface area contributed by atoms with Crippen LogP contribution in [-0.4, -0.2) is 34.6 Å². The zero-order valence-electron chi connectivity index (χ0n) is 13.1. The Labute approximate surface area is 132 Å². The number of likely N-dealkylation sites (N-methyl/N-ethyl adjacent to an activating group) is 1. The fourth-order valence-electron chi connectivity index (χ4n) is 2.70. The molecule has 0 unspecified atom stereocenters. The summed E-state index contributed by atoms with van der Waals surface area (Å²) in [5, 5.41) is 6.33. The van der Waals surface area contributed by atoms with Crippen LogP contribution in [0.1, 0.15) is 32.1 Å². The van der Waals surface area contributed by atoms with E-state index in [1.807, 2.05) is 0 Å². The molecule has 5 N–H and O–H groups in total. The van der Waals surface area contributed by atoms with Crippen molar-refractivity contribution in [2.24, 2.45) is 0 Å². The summed E-state index contributed by atoms with van der Waals surface area (Å²) in [5.74, 6) is 0. The van der Waals surface area contributed by atoms with Gasteiger partial charge in [-0.1, -0.05) is 19.3 Å². The van der Waals surface area contributed by atoms with Crippen molar-refractivity contribution in [3.8, 4) is 0 Å². The highest BCUT2D eigenvalue weighted by Crippen LogP contribution is 2.27. The Morgan fingerprint density at radius 3 is 2.55 bits per heavy atom. The standard InChI is InChI=1S/C15H26N4O2S/c1-17-9-10-18-22(20,21)13-7-8-15(14(16)11-13)19-12-5-3-2-4-6-12/h7-8,11-12,17-19H,2-6,9-10,16H2,1H3. The van der Waals surface area contributed by atoms with Gasteiger partial charge in [-0.25, -0.2) is 13.1 Å². The Morgan fingerprint density at radius 2 is 1.91 bits per heavy atom. The second-order valence-corrected chi connectivity index (χ2v) is 7.50. The highest BCUT2D eigenvalue weighted by molar-refractivity contribution is 7.89. The van der Waals surface area contributed by atoms with Crippen LogP contribution in [0.25, 0.3) is 0 Å². The Hall–Kier alpha value is -1.31. The second-order valence-electron chi connectivity index (χ2n) is 5.73. The molecule has 1 aromatic rings. The van der Waals surface area contributed by atoms with Gasteiger partial charge in [0, 0.05) is 19.1 Å². The van der Waals surface area contributed by atoms with Crippen molar-refractivity contribution in [3.63, 3.8) is 0 Å². The SMILES string of the molecule is CNCCNS(=O)(=O)c1ccc(NC2CCCCC2)c(N)c1. The fourth-order valence-corrected chi connectivity index (χ4v) is 3.77. The third-order valence-electron chi connectivity index (χ3n) is 3.97. The molecular weight excluding hydrogens is 300 g/mol. The molecule has 0 amide bonds. The summed E-state index contributed by atoms with van der Waals surface area (Å²) in [7, 11) is -1.73. The maximum absolute atomic E-state index is 12.1. The molecule has 2 rings (SSSR count). The molecular formula is C15H26N4O2S. The quantitative estimate of drug-likeness (QED) is 0.450. The largest absolute Gasteiger partial charge is 0.397 e. The molecule has 1 saturated carbocycles. The zero-order valence-corrected chi connectivity index (χ0v) is 13.9. The van der Waals surface area contributed by atoms with Gasteiger partial charge in [0.1, 0.15) is 0 Å². The van der Waals surface area contributed by atoms with Crippen molar-refractivity contribution < 1.29 is 8.42 Å². The minimum absolute atomic E-state index is 0.204. The number of nitrogens with one attached hydrogen (secondary N) is 3. The van der Waals surface area contributed by atoms with E-state index in [0.717, 1.165) is 18.5 Å². The Kier molecular flexibility index (Phi) is 6.05. The predicted molar refractivity (Wildman–Crippen MR) is 90.5 cm³/mol. The summed E-state index contributed by atoms with van der Waals surface area (Å²) in [6.45, 7) is 0.927. The fraction of sp³-hybridized carbons (Fsp3) is 0.600. The van der Waals surface area contributed by atoms with Gasteiger partial charge in [-0.15, -0.1) is 0 Å². The molecule has 6 nitrogen and oxygen atoms in total. The van der Waals surface area contributed by atoms with Gasteiger partial charge in [0.05, 0.1) is 16.3 Å². The normalized spacial score (nSPS) is 16.6. The predicted octanol–water partition coefficient (Wildman–Crippen LogP) is 1.51. The van der Waals surface area contributed by atoms with E-state index < -0.39 is 10.0 Å². The van der Waals surface area contributed by atoms with E-state index in [9.17, 15) is 8.42 Å². The number of sulfonamides is 1. The van der Waals surface area contributed by atoms with Crippen molar-refractivity contribution in [2.45, 2.75) is 43.0 Å². The van der Waals surface area contributed by atoms with Crippen molar-refractivity contribution in [3.05, 3.63) is 18.2 Å².